The first kappa shape index (κ1) is 91.3. The van der Waals surface area contributed by atoms with Crippen molar-refractivity contribution < 1.29 is 28.8 Å². The molecule has 0 amide bonds. The van der Waals surface area contributed by atoms with Crippen LogP contribution >= 0.6 is 0 Å². The predicted molar refractivity (Wildman–Crippen MR) is 433 cm³/mol. The van der Waals surface area contributed by atoms with Gasteiger partial charge in [0, 0.05) is 0 Å². The molecule has 0 heterocycles. The van der Waals surface area contributed by atoms with E-state index in [-0.39, 0.29) is 0 Å². The predicted octanol–water partition coefficient (Wildman–Crippen LogP) is 25.4. The molecule has 2 rings (SSSR count). The minimum Gasteiger partial charge on any atom is -0.437 e. The first-order chi connectivity index (χ1) is 42.0. The van der Waals surface area contributed by atoms with E-state index >= 15 is 0 Å². The Balaban J connectivity index is 0.00000139. The van der Waals surface area contributed by atoms with Crippen molar-refractivity contribution in [3.63, 3.8) is 0 Å². The molecular formula is C74H158O7Si10. The Morgan fingerprint density at radius 3 is 0.670 bits per heavy atom. The quantitative estimate of drug-likeness (QED) is 0.0612. The van der Waals surface area contributed by atoms with Gasteiger partial charge in [0.15, 0.2) is 49.9 Å². The largest absolute Gasteiger partial charge is 0.437 e. The van der Waals surface area contributed by atoms with Crippen molar-refractivity contribution in [2.75, 3.05) is 0 Å². The molecule has 91 heavy (non-hydrogen) atoms. The number of hydrogen-bond acceptors (Lipinski definition) is 7. The van der Waals surface area contributed by atoms with Gasteiger partial charge in [-0.2, -0.15) is 0 Å². The van der Waals surface area contributed by atoms with Gasteiger partial charge in [-0.3, -0.25) is 0 Å². The third-order valence-corrected chi connectivity index (χ3v) is 59.8. The Hall–Kier alpha value is 0.329. The van der Waals surface area contributed by atoms with Crippen LogP contribution in [-0.4, -0.2) is 84.1 Å². The Kier molecular flexibility index (Phi) is 44.6. The van der Waals surface area contributed by atoms with E-state index in [2.05, 4.69) is 262 Å². The smallest absolute Gasteiger partial charge is 0.388 e. The van der Waals surface area contributed by atoms with E-state index in [1.807, 2.05) is 0 Å². The molecule has 0 saturated heterocycles. The van der Waals surface area contributed by atoms with Crippen LogP contribution in [0.2, 0.25) is 153 Å². The van der Waals surface area contributed by atoms with Gasteiger partial charge in [-0.05, 0) is 199 Å². The van der Waals surface area contributed by atoms with Crippen LogP contribution in [0.4, 0.5) is 0 Å². The molecule has 17 heteroatoms. The maximum absolute atomic E-state index is 7.52. The van der Waals surface area contributed by atoms with Crippen molar-refractivity contribution in [3.8, 4) is 0 Å². The lowest BCUT2D eigenvalue weighted by atomic mass is 10.0. The zero-order valence-electron chi connectivity index (χ0n) is 66.5. The van der Waals surface area contributed by atoms with Crippen molar-refractivity contribution in [2.45, 2.75) is 366 Å². The maximum atomic E-state index is 7.52. The monoisotopic (exact) mass is 1440 g/mol. The lowest BCUT2D eigenvalue weighted by Crippen LogP contribution is -2.71. The van der Waals surface area contributed by atoms with Crippen LogP contribution in [0.5, 0.6) is 0 Å². The number of rotatable bonds is 48. The van der Waals surface area contributed by atoms with Crippen LogP contribution in [0, 0.1) is 35.5 Å². The van der Waals surface area contributed by atoms with Gasteiger partial charge in [-0.15, -0.1) is 0 Å². The van der Waals surface area contributed by atoms with E-state index < -0.39 is 84.1 Å². The van der Waals surface area contributed by atoms with Gasteiger partial charge in [0.1, 0.15) is 0 Å². The molecule has 3 unspecified atom stereocenters. The summed E-state index contributed by atoms with van der Waals surface area (Å²) in [6, 6.07) is 31.3. The molecule has 2 aromatic rings. The molecule has 0 aliphatic carbocycles. The summed E-state index contributed by atoms with van der Waals surface area (Å²) in [5.74, 6) is 4.95. The second-order valence-electron chi connectivity index (χ2n) is 33.5. The summed E-state index contributed by atoms with van der Waals surface area (Å²) in [5, 5.41) is 2.39. The Morgan fingerprint density at radius 2 is 0.462 bits per heavy atom. The van der Waals surface area contributed by atoms with Crippen LogP contribution < -0.4 is 10.4 Å². The molecule has 0 aliphatic rings. The third kappa shape index (κ3) is 41.5. The minimum absolute atomic E-state index is 0.767. The molecule has 2 aromatic carbocycles. The van der Waals surface area contributed by atoms with Gasteiger partial charge in [0.05, 0.1) is 0 Å². The van der Waals surface area contributed by atoms with E-state index in [4.69, 9.17) is 28.8 Å². The normalized spacial score (nSPS) is 15.5. The Labute approximate surface area is 580 Å². The topological polar surface area (TPSA) is 64.6 Å². The van der Waals surface area contributed by atoms with Crippen LogP contribution in [-0.2, 0) is 28.8 Å². The van der Waals surface area contributed by atoms with Crippen molar-refractivity contribution in [1.29, 1.82) is 0 Å². The van der Waals surface area contributed by atoms with E-state index in [0.29, 0.717) is 0 Å². The molecule has 0 fully saturated rings. The third-order valence-electron chi connectivity index (χ3n) is 19.7. The molecule has 0 radical (unpaired) electrons. The van der Waals surface area contributed by atoms with Crippen LogP contribution in [0.25, 0.3) is 0 Å². The molecule has 0 aliphatic heterocycles. The average molecular weight is 1440 g/mol. The molecule has 7 nitrogen and oxygen atoms in total. The second kappa shape index (κ2) is 44.5. The summed E-state index contributed by atoms with van der Waals surface area (Å²) in [6.07, 6.45) is 23.3. The minimum atomic E-state index is -3.04. The van der Waals surface area contributed by atoms with Crippen molar-refractivity contribution >= 4 is 94.5 Å². The molecule has 536 valence electrons. The van der Waals surface area contributed by atoms with Crippen molar-refractivity contribution in [2.24, 2.45) is 35.5 Å². The van der Waals surface area contributed by atoms with Crippen molar-refractivity contribution in [1.82, 2.24) is 0 Å². The summed E-state index contributed by atoms with van der Waals surface area (Å²) in [6.45, 7) is 70.5. The van der Waals surface area contributed by atoms with E-state index in [0.717, 1.165) is 53.6 Å². The van der Waals surface area contributed by atoms with Gasteiger partial charge < -0.3 is 28.8 Å². The van der Waals surface area contributed by atoms with Crippen LogP contribution in [0.15, 0.2) is 60.7 Å². The van der Waals surface area contributed by atoms with Crippen LogP contribution in [0.3, 0.4) is 0 Å². The summed E-state index contributed by atoms with van der Waals surface area (Å²) in [7, 11) is -20.2. The van der Waals surface area contributed by atoms with Gasteiger partial charge in [0.2, 0.25) is 0 Å². The second-order valence-corrected chi connectivity index (χ2v) is 74.5. The summed E-state index contributed by atoms with van der Waals surface area (Å²) >= 11 is 0. The van der Waals surface area contributed by atoms with Gasteiger partial charge in [0.25, 0.3) is 0 Å². The van der Waals surface area contributed by atoms with Gasteiger partial charge in [-0.1, -0.05) is 273 Å². The molecular weight excluding hydrogens is 1280 g/mol. The highest BCUT2D eigenvalue weighted by molar-refractivity contribution is 7.02. The highest BCUT2D eigenvalue weighted by Gasteiger charge is 2.52. The molecule has 0 aromatic heterocycles. The lowest BCUT2D eigenvalue weighted by molar-refractivity contribution is 0.337. The Bertz CT molecular complexity index is 2020. The lowest BCUT2D eigenvalue weighted by Gasteiger charge is -2.44. The first-order valence-corrected chi connectivity index (χ1v) is 66.4. The summed E-state index contributed by atoms with van der Waals surface area (Å²) < 4.78 is 49.6. The fourth-order valence-corrected chi connectivity index (χ4v) is 60.0. The van der Waals surface area contributed by atoms with Gasteiger partial charge in [-0.25, -0.2) is 0 Å². The highest BCUT2D eigenvalue weighted by atomic mass is 28.5. The summed E-state index contributed by atoms with van der Waals surface area (Å²) in [4.78, 5) is 0. The maximum Gasteiger partial charge on any atom is 0.388 e. The molecule has 0 bridgehead atoms. The Morgan fingerprint density at radius 1 is 0.264 bits per heavy atom. The SMILES string of the molecule is CCC(C)CCC[Si](C)(C)O[Si](C)(C)O[Si](C)(C)CCC[C@H](C)CC.CCC(C)CCC[Si](C)(C)O[Si](C)(C)O[Si](O[Si](C)(C)CCC[C@H](C)CC)(c1ccccc1)c1ccccc1.CCC(C)CCC[Si](C)(C)O[Si](CC)(CC)O[Si](C)(C)CCC[C@H](C)CC. The first-order valence-electron chi connectivity index (χ1n) is 38.0. The number of hydrogen-bond donors (Lipinski definition) is 0. The summed E-state index contributed by atoms with van der Waals surface area (Å²) in [5.41, 5.74) is 0. The fraction of sp³-hybridized carbons (Fsp3) is 0.838. The molecule has 0 spiro atoms. The van der Waals surface area contributed by atoms with E-state index in [9.17, 15) is 0 Å². The zero-order valence-corrected chi connectivity index (χ0v) is 76.5. The van der Waals surface area contributed by atoms with E-state index in [1.165, 1.54) is 156 Å². The molecule has 6 atom stereocenters. The van der Waals surface area contributed by atoms with Crippen LogP contribution in [0.1, 0.15) is 213 Å². The van der Waals surface area contributed by atoms with Crippen molar-refractivity contribution in [3.05, 3.63) is 60.7 Å². The fourth-order valence-electron chi connectivity index (χ4n) is 12.9. The average Bonchev–Trinajstić information content (AvgIpc) is 0.781. The van der Waals surface area contributed by atoms with E-state index in [1.54, 1.807) is 0 Å². The zero-order chi connectivity index (χ0) is 70.0. The van der Waals surface area contributed by atoms with Gasteiger partial charge >= 0.3 is 34.2 Å². The highest BCUT2D eigenvalue weighted by Crippen LogP contribution is 2.35. The molecule has 0 N–H and O–H groups in total. The standard InChI is InChI=1S/C32H58O3Si4.C22H52O2Si3.C20H48O2Si3/c1-11-29(3)21-19-27-36(5,6)33-38(9,10)35-39(31-23-15-13-16-24-31,32-25-17-14-18-26-32)34-37(7,8)28-20-22-30(4)12-2;1-11-21(5)17-15-19-25(7,8)23-27(13-3,14-4)24-26(9,10)20-16-18-22(6)12-2;1-11-19(3)15-13-17-23(5,6)21-25(9,10)22-24(7,8)18-14-16-20(4)12-2/h13-18,23-26,29-30H,11-12,19-22,27-28H2,1-10H3;21-22H,11-20H2,1-10H3;19-20H,11-18H2,1-10H3/t29?,30-;21-,22?;19-,20?/m111/s1. The number of benzene rings is 2. The molecule has 0 saturated carbocycles.